The van der Waals surface area contributed by atoms with Gasteiger partial charge in [-0.2, -0.15) is 0 Å². The number of hydrogen-bond acceptors (Lipinski definition) is 3. The van der Waals surface area contributed by atoms with Crippen LogP contribution in [0.15, 0.2) is 40.8 Å². The first-order valence-electron chi connectivity index (χ1n) is 5.53. The summed E-state index contributed by atoms with van der Waals surface area (Å²) >= 11 is 5.59. The third-order valence-corrected chi connectivity index (χ3v) is 2.68. The maximum atomic E-state index is 11.6. The zero-order valence-electron chi connectivity index (χ0n) is 9.65. The van der Waals surface area contributed by atoms with Crippen LogP contribution in [0.4, 0.5) is 5.69 Å². The highest BCUT2D eigenvalue weighted by Gasteiger charge is 2.09. The van der Waals surface area contributed by atoms with E-state index in [0.717, 1.165) is 17.7 Å². The van der Waals surface area contributed by atoms with Crippen molar-refractivity contribution in [1.82, 2.24) is 5.32 Å². The highest BCUT2D eigenvalue weighted by atomic mass is 35.5. The fourth-order valence-corrected chi connectivity index (χ4v) is 1.67. The number of nitrogens with two attached hydrogens (primary N) is 1. The lowest BCUT2D eigenvalue weighted by Crippen LogP contribution is -2.25. The quantitative estimate of drug-likeness (QED) is 0.834. The summed E-state index contributed by atoms with van der Waals surface area (Å²) in [6.45, 7) is 0.529. The number of benzene rings is 1. The molecule has 18 heavy (non-hydrogen) atoms. The van der Waals surface area contributed by atoms with Crippen molar-refractivity contribution in [2.75, 3.05) is 12.3 Å². The fraction of sp³-hybridized carbons (Fsp3) is 0.154. The predicted molar refractivity (Wildman–Crippen MR) is 70.6 cm³/mol. The van der Waals surface area contributed by atoms with E-state index in [1.807, 2.05) is 24.3 Å². The minimum Gasteiger partial charge on any atom is -0.440 e. The molecule has 0 atom stereocenters. The van der Waals surface area contributed by atoms with Gasteiger partial charge in [-0.15, -0.1) is 0 Å². The Bertz CT molecular complexity index is 534. The normalized spacial score (nSPS) is 10.3. The first-order chi connectivity index (χ1) is 8.65. The van der Waals surface area contributed by atoms with E-state index in [-0.39, 0.29) is 16.9 Å². The first kappa shape index (κ1) is 12.5. The minimum atomic E-state index is -0.266. The third kappa shape index (κ3) is 3.28. The zero-order valence-corrected chi connectivity index (χ0v) is 10.4. The summed E-state index contributed by atoms with van der Waals surface area (Å²) in [5.41, 5.74) is 7.43. The van der Waals surface area contributed by atoms with E-state index in [1.165, 1.54) is 6.07 Å². The van der Waals surface area contributed by atoms with Crippen molar-refractivity contribution in [3.63, 3.8) is 0 Å². The van der Waals surface area contributed by atoms with Crippen LogP contribution in [-0.4, -0.2) is 12.5 Å². The van der Waals surface area contributed by atoms with Crippen LogP contribution in [0, 0.1) is 0 Å². The maximum Gasteiger partial charge on any atom is 0.287 e. The Labute approximate surface area is 110 Å². The molecule has 2 rings (SSSR count). The van der Waals surface area contributed by atoms with Crippen LogP contribution in [0.25, 0.3) is 0 Å². The zero-order chi connectivity index (χ0) is 13.0. The van der Waals surface area contributed by atoms with Crippen molar-refractivity contribution in [3.8, 4) is 0 Å². The summed E-state index contributed by atoms with van der Waals surface area (Å²) in [6, 6.07) is 10.6. The molecule has 0 aliphatic heterocycles. The van der Waals surface area contributed by atoms with Crippen LogP contribution in [0.2, 0.25) is 5.22 Å². The molecule has 0 spiro atoms. The fourth-order valence-electron chi connectivity index (χ4n) is 1.53. The van der Waals surface area contributed by atoms with Crippen LogP contribution >= 0.6 is 11.6 Å². The lowest BCUT2D eigenvalue weighted by molar-refractivity contribution is 0.0926. The largest absolute Gasteiger partial charge is 0.440 e. The van der Waals surface area contributed by atoms with E-state index in [2.05, 4.69) is 5.32 Å². The van der Waals surface area contributed by atoms with Gasteiger partial charge in [0.1, 0.15) is 0 Å². The molecule has 5 heteroatoms. The molecule has 4 nitrogen and oxygen atoms in total. The van der Waals surface area contributed by atoms with Crippen molar-refractivity contribution >= 4 is 23.2 Å². The maximum absolute atomic E-state index is 11.6. The number of rotatable bonds is 4. The van der Waals surface area contributed by atoms with Crippen LogP contribution in [0.1, 0.15) is 16.1 Å². The van der Waals surface area contributed by atoms with Gasteiger partial charge in [-0.3, -0.25) is 4.79 Å². The Morgan fingerprint density at radius 3 is 2.56 bits per heavy atom. The van der Waals surface area contributed by atoms with Crippen LogP contribution in [-0.2, 0) is 6.42 Å². The Morgan fingerprint density at radius 2 is 1.94 bits per heavy atom. The van der Waals surface area contributed by atoms with E-state index in [1.54, 1.807) is 6.07 Å². The van der Waals surface area contributed by atoms with E-state index >= 15 is 0 Å². The monoisotopic (exact) mass is 264 g/mol. The van der Waals surface area contributed by atoms with Gasteiger partial charge in [0.2, 0.25) is 0 Å². The molecule has 0 saturated heterocycles. The molecule has 1 amide bonds. The molecule has 0 aliphatic rings. The summed E-state index contributed by atoms with van der Waals surface area (Å²) < 4.78 is 5.00. The SMILES string of the molecule is Nc1ccc(CCNC(=O)c2ccc(Cl)o2)cc1. The molecule has 0 fully saturated rings. The van der Waals surface area contributed by atoms with Crippen molar-refractivity contribution < 1.29 is 9.21 Å². The number of nitrogens with one attached hydrogen (secondary N) is 1. The van der Waals surface area contributed by atoms with Gasteiger partial charge in [0.25, 0.3) is 5.91 Å². The molecule has 1 aromatic carbocycles. The number of carbonyl (C=O) groups is 1. The summed E-state index contributed by atoms with van der Waals surface area (Å²) in [5, 5.41) is 2.96. The number of furan rings is 1. The van der Waals surface area contributed by atoms with Crippen LogP contribution in [0.3, 0.4) is 0 Å². The highest BCUT2D eigenvalue weighted by molar-refractivity contribution is 6.29. The number of hydrogen-bond donors (Lipinski definition) is 2. The van der Waals surface area contributed by atoms with Crippen LogP contribution in [0.5, 0.6) is 0 Å². The second-order valence-corrected chi connectivity index (χ2v) is 4.22. The molecule has 0 saturated carbocycles. The topological polar surface area (TPSA) is 68.3 Å². The first-order valence-corrected chi connectivity index (χ1v) is 5.91. The van der Waals surface area contributed by atoms with Gasteiger partial charge in [-0.05, 0) is 47.9 Å². The van der Waals surface area contributed by atoms with E-state index < -0.39 is 0 Å². The van der Waals surface area contributed by atoms with Gasteiger partial charge in [0, 0.05) is 12.2 Å². The summed E-state index contributed by atoms with van der Waals surface area (Å²) in [7, 11) is 0. The van der Waals surface area contributed by atoms with Gasteiger partial charge >= 0.3 is 0 Å². The molecular weight excluding hydrogens is 252 g/mol. The number of halogens is 1. The predicted octanol–water partition coefficient (Wildman–Crippen LogP) is 2.49. The van der Waals surface area contributed by atoms with Crippen LogP contribution < -0.4 is 11.1 Å². The standard InChI is InChI=1S/C13H13ClN2O2/c14-12-6-5-11(18-12)13(17)16-8-7-9-1-3-10(15)4-2-9/h1-6H,7-8,15H2,(H,16,17). The molecule has 0 unspecified atom stereocenters. The minimum absolute atomic E-state index is 0.207. The Balaban J connectivity index is 1.82. The Hall–Kier alpha value is -1.94. The van der Waals surface area contributed by atoms with Gasteiger partial charge < -0.3 is 15.5 Å². The van der Waals surface area contributed by atoms with Gasteiger partial charge in [0.15, 0.2) is 11.0 Å². The number of carbonyl (C=O) groups excluding carboxylic acids is 1. The number of amides is 1. The lowest BCUT2D eigenvalue weighted by atomic mass is 10.1. The van der Waals surface area contributed by atoms with Gasteiger partial charge in [-0.25, -0.2) is 0 Å². The van der Waals surface area contributed by atoms with E-state index in [9.17, 15) is 4.79 Å². The third-order valence-electron chi connectivity index (χ3n) is 2.48. The molecule has 0 radical (unpaired) electrons. The molecule has 94 valence electrons. The summed E-state index contributed by atoms with van der Waals surface area (Å²) in [6.07, 6.45) is 0.737. The average molecular weight is 265 g/mol. The smallest absolute Gasteiger partial charge is 0.287 e. The van der Waals surface area contributed by atoms with Crippen molar-refractivity contribution in [1.29, 1.82) is 0 Å². The summed E-state index contributed by atoms with van der Waals surface area (Å²) in [4.78, 5) is 11.6. The van der Waals surface area contributed by atoms with E-state index in [0.29, 0.717) is 6.54 Å². The highest BCUT2D eigenvalue weighted by Crippen LogP contribution is 2.12. The average Bonchev–Trinajstić information content (AvgIpc) is 2.78. The molecule has 0 aliphatic carbocycles. The number of anilines is 1. The Morgan fingerprint density at radius 1 is 1.22 bits per heavy atom. The molecule has 1 heterocycles. The Kier molecular flexibility index (Phi) is 3.89. The molecule has 1 aromatic heterocycles. The van der Waals surface area contributed by atoms with E-state index in [4.69, 9.17) is 21.8 Å². The number of nitrogen functional groups attached to an aromatic ring is 1. The second kappa shape index (κ2) is 5.60. The summed E-state index contributed by atoms with van der Waals surface area (Å²) in [5.74, 6) is -0.0466. The molecule has 0 bridgehead atoms. The van der Waals surface area contributed by atoms with Gasteiger partial charge in [0.05, 0.1) is 0 Å². The molecule has 2 aromatic rings. The van der Waals surface area contributed by atoms with Crippen molar-refractivity contribution in [2.24, 2.45) is 0 Å². The second-order valence-electron chi connectivity index (χ2n) is 3.85. The van der Waals surface area contributed by atoms with Crippen molar-refractivity contribution in [2.45, 2.75) is 6.42 Å². The van der Waals surface area contributed by atoms with Crippen molar-refractivity contribution in [3.05, 3.63) is 52.9 Å². The lowest BCUT2D eigenvalue weighted by Gasteiger charge is -2.03. The van der Waals surface area contributed by atoms with Gasteiger partial charge in [-0.1, -0.05) is 12.1 Å². The molecular formula is C13H13ClN2O2. The molecule has 3 N–H and O–H groups in total.